The minimum Gasteiger partial charge on any atom is -0.390 e. The van der Waals surface area contributed by atoms with Crippen LogP contribution in [0.1, 0.15) is 89.9 Å². The van der Waals surface area contributed by atoms with Gasteiger partial charge in [-0.05, 0) is 117 Å². The molecule has 8 rings (SSSR count). The molecule has 0 aromatic carbocycles. The first-order valence-electron chi connectivity index (χ1n) is 12.1. The molecule has 8 saturated carbocycles. The summed E-state index contributed by atoms with van der Waals surface area (Å²) in [5, 5.41) is 10.9. The predicted molar refractivity (Wildman–Crippen MR) is 108 cm³/mol. The van der Waals surface area contributed by atoms with Gasteiger partial charge in [0.25, 0.3) is 0 Å². The zero-order chi connectivity index (χ0) is 19.9. The van der Waals surface area contributed by atoms with Crippen molar-refractivity contribution in [2.75, 3.05) is 0 Å². The van der Waals surface area contributed by atoms with Gasteiger partial charge in [0.05, 0.1) is 5.60 Å². The molecule has 2 unspecified atom stereocenters. The van der Waals surface area contributed by atoms with Gasteiger partial charge in [-0.2, -0.15) is 0 Å². The van der Waals surface area contributed by atoms with Crippen LogP contribution in [0.3, 0.4) is 0 Å². The Hall–Kier alpha value is -1.10. The average molecular weight is 401 g/mol. The Morgan fingerprint density at radius 3 is 1.55 bits per heavy atom. The van der Waals surface area contributed by atoms with Crippen molar-refractivity contribution in [3.8, 4) is 0 Å². The van der Waals surface area contributed by atoms with E-state index in [4.69, 9.17) is 0 Å². The summed E-state index contributed by atoms with van der Waals surface area (Å²) in [7, 11) is 0. The van der Waals surface area contributed by atoms with E-state index in [-0.39, 0.29) is 22.6 Å². The number of nitrogens with one attached hydrogen (secondary N) is 2. The fourth-order valence-corrected chi connectivity index (χ4v) is 10.0. The number of carbonyl (C=O) groups is 2. The van der Waals surface area contributed by atoms with E-state index in [1.54, 1.807) is 0 Å². The highest BCUT2D eigenvalue weighted by molar-refractivity contribution is 5.82. The third-order valence-corrected chi connectivity index (χ3v) is 9.73. The maximum atomic E-state index is 12.7. The second kappa shape index (κ2) is 6.21. The smallest absolute Gasteiger partial charge is 0.238 e. The lowest BCUT2D eigenvalue weighted by atomic mass is 9.47. The molecule has 29 heavy (non-hydrogen) atoms. The summed E-state index contributed by atoms with van der Waals surface area (Å²) in [6, 6.07) is 0. The van der Waals surface area contributed by atoms with Crippen molar-refractivity contribution >= 4 is 11.8 Å². The topological polar surface area (TPSA) is 78.4 Å². The molecule has 8 aliphatic rings. The molecule has 0 spiro atoms. The number of carbonyl (C=O) groups excluding carboxylic acids is 2. The molecule has 8 bridgehead atoms. The van der Waals surface area contributed by atoms with Gasteiger partial charge >= 0.3 is 0 Å². The molecule has 0 radical (unpaired) electrons. The molecular weight excluding hydrogens is 364 g/mol. The van der Waals surface area contributed by atoms with E-state index in [0.717, 1.165) is 49.9 Å². The van der Waals surface area contributed by atoms with Crippen LogP contribution in [0.15, 0.2) is 0 Å². The lowest BCUT2D eigenvalue weighted by Gasteiger charge is -2.60. The van der Waals surface area contributed by atoms with E-state index < -0.39 is 5.60 Å². The predicted octanol–water partition coefficient (Wildman–Crippen LogP) is 3.46. The summed E-state index contributed by atoms with van der Waals surface area (Å²) in [5.41, 5.74) is 5.10. The van der Waals surface area contributed by atoms with Gasteiger partial charge in [-0.1, -0.05) is 0 Å². The SMILES string of the molecule is O=C(CC12CC3CC(CC(C3)C1)C2)NNC(=O)CC12C[C@@H]3C[C@@H](CC(O)(C3)C1)C2. The van der Waals surface area contributed by atoms with Gasteiger partial charge in [0, 0.05) is 12.8 Å². The van der Waals surface area contributed by atoms with E-state index >= 15 is 0 Å². The second-order valence-electron chi connectivity index (χ2n) is 12.6. The maximum absolute atomic E-state index is 12.7. The van der Waals surface area contributed by atoms with Gasteiger partial charge in [0.15, 0.2) is 0 Å². The number of hydrogen-bond donors (Lipinski definition) is 3. The Morgan fingerprint density at radius 1 is 0.655 bits per heavy atom. The van der Waals surface area contributed by atoms with Gasteiger partial charge in [-0.15, -0.1) is 0 Å². The highest BCUT2D eigenvalue weighted by Crippen LogP contribution is 2.63. The van der Waals surface area contributed by atoms with Crippen LogP contribution in [0.25, 0.3) is 0 Å². The van der Waals surface area contributed by atoms with Crippen molar-refractivity contribution in [3.63, 3.8) is 0 Å². The molecule has 0 saturated heterocycles. The highest BCUT2D eigenvalue weighted by atomic mass is 16.3. The monoisotopic (exact) mass is 400 g/mol. The van der Waals surface area contributed by atoms with Gasteiger partial charge in [0.1, 0.15) is 0 Å². The fraction of sp³-hybridized carbons (Fsp3) is 0.917. The number of rotatable bonds is 4. The molecule has 0 aromatic rings. The van der Waals surface area contributed by atoms with Crippen molar-refractivity contribution in [2.45, 2.75) is 95.5 Å². The minimum atomic E-state index is -0.536. The molecule has 5 nitrogen and oxygen atoms in total. The van der Waals surface area contributed by atoms with Crippen molar-refractivity contribution < 1.29 is 14.7 Å². The van der Waals surface area contributed by atoms with E-state index in [9.17, 15) is 14.7 Å². The Morgan fingerprint density at radius 2 is 1.07 bits per heavy atom. The largest absolute Gasteiger partial charge is 0.390 e. The summed E-state index contributed by atoms with van der Waals surface area (Å²) in [4.78, 5) is 25.4. The summed E-state index contributed by atoms with van der Waals surface area (Å²) in [6.45, 7) is 0. The van der Waals surface area contributed by atoms with Crippen LogP contribution in [0.2, 0.25) is 0 Å². The summed E-state index contributed by atoms with van der Waals surface area (Å²) in [5.74, 6) is 3.60. The van der Waals surface area contributed by atoms with E-state index in [1.165, 1.54) is 44.9 Å². The molecule has 8 fully saturated rings. The van der Waals surface area contributed by atoms with E-state index in [2.05, 4.69) is 10.9 Å². The highest BCUT2D eigenvalue weighted by Gasteiger charge is 2.57. The van der Waals surface area contributed by atoms with E-state index in [0.29, 0.717) is 24.7 Å². The number of amides is 2. The quantitative estimate of drug-likeness (QED) is 0.633. The molecule has 2 amide bonds. The Labute approximate surface area is 173 Å². The van der Waals surface area contributed by atoms with Crippen LogP contribution < -0.4 is 10.9 Å². The van der Waals surface area contributed by atoms with E-state index in [1.807, 2.05) is 0 Å². The van der Waals surface area contributed by atoms with Gasteiger partial charge < -0.3 is 5.11 Å². The first-order valence-corrected chi connectivity index (χ1v) is 12.1. The number of hydrazine groups is 1. The Kier molecular flexibility index (Phi) is 3.99. The van der Waals surface area contributed by atoms with Gasteiger partial charge in [-0.3, -0.25) is 20.4 Å². The molecule has 0 heterocycles. The summed E-state index contributed by atoms with van der Waals surface area (Å²) in [6.07, 6.45) is 14.8. The molecule has 0 aromatic heterocycles. The molecule has 5 heteroatoms. The standard InChI is InChI=1S/C24H36N2O3/c27-20(12-22-5-15-1-16(6-22)3-17(2-15)7-22)25-26-21(28)13-23-8-18-4-19(9-23)11-24(29,10-18)14-23/h15-19,29H,1-14H2,(H,25,27)(H,26,28)/t15?,16?,17?,18-,19+,22?,23?,24?. The van der Waals surface area contributed by atoms with Crippen molar-refractivity contribution in [2.24, 2.45) is 40.4 Å². The fourth-order valence-electron chi connectivity index (χ4n) is 10.0. The third kappa shape index (κ3) is 3.32. The zero-order valence-electron chi connectivity index (χ0n) is 17.5. The van der Waals surface area contributed by atoms with Crippen molar-refractivity contribution in [3.05, 3.63) is 0 Å². The molecular formula is C24H36N2O3. The Bertz CT molecular complexity index is 682. The third-order valence-electron chi connectivity index (χ3n) is 9.73. The molecule has 4 atom stereocenters. The number of hydrogen-bond acceptors (Lipinski definition) is 3. The summed E-state index contributed by atoms with van der Waals surface area (Å²) < 4.78 is 0. The molecule has 160 valence electrons. The average Bonchev–Trinajstić information content (AvgIpc) is 2.55. The maximum Gasteiger partial charge on any atom is 0.238 e. The van der Waals surface area contributed by atoms with Crippen molar-refractivity contribution in [1.29, 1.82) is 0 Å². The normalized spacial score (nSPS) is 51.3. The summed E-state index contributed by atoms with van der Waals surface area (Å²) >= 11 is 0. The second-order valence-corrected chi connectivity index (χ2v) is 12.6. The lowest BCUT2D eigenvalue weighted by Crippen LogP contribution is -2.57. The van der Waals surface area contributed by atoms with Crippen LogP contribution in [-0.2, 0) is 9.59 Å². The minimum absolute atomic E-state index is 0.00978. The molecule has 0 aliphatic heterocycles. The van der Waals surface area contributed by atoms with Crippen molar-refractivity contribution in [1.82, 2.24) is 10.9 Å². The molecule has 8 aliphatic carbocycles. The van der Waals surface area contributed by atoms with Crippen LogP contribution in [0.5, 0.6) is 0 Å². The van der Waals surface area contributed by atoms with Crippen LogP contribution >= 0.6 is 0 Å². The van der Waals surface area contributed by atoms with Crippen LogP contribution in [0.4, 0.5) is 0 Å². The zero-order valence-corrected chi connectivity index (χ0v) is 17.5. The van der Waals surface area contributed by atoms with Crippen LogP contribution in [-0.4, -0.2) is 22.5 Å². The van der Waals surface area contributed by atoms with Gasteiger partial charge in [-0.25, -0.2) is 0 Å². The first kappa shape index (κ1) is 18.7. The Balaban J connectivity index is 1.03. The van der Waals surface area contributed by atoms with Gasteiger partial charge in [0.2, 0.25) is 11.8 Å². The van der Waals surface area contributed by atoms with Crippen LogP contribution in [0, 0.1) is 40.4 Å². The number of aliphatic hydroxyl groups is 1. The first-order chi connectivity index (χ1) is 13.8. The lowest BCUT2D eigenvalue weighted by molar-refractivity contribution is -0.169. The molecule has 3 N–H and O–H groups in total.